The maximum absolute atomic E-state index is 11.6. The Hall–Kier alpha value is -0.630. The normalized spacial score (nSPS) is 14.1. The van der Waals surface area contributed by atoms with Crippen molar-refractivity contribution in [3.8, 4) is 0 Å². The number of carbonyl (C=O) groups excluding carboxylic acids is 1. The van der Waals surface area contributed by atoms with Crippen LogP contribution in [0.4, 0.5) is 0 Å². The standard InChI is InChI=1S/C12H13BrO/c13-7-6-12(14)11-5-4-9-2-1-3-10(9)8-11/h4-5,8H,1-3,6-7H2. The average Bonchev–Trinajstić information content (AvgIpc) is 2.64. The Morgan fingerprint density at radius 3 is 2.86 bits per heavy atom. The molecule has 14 heavy (non-hydrogen) atoms. The average molecular weight is 253 g/mol. The molecule has 0 spiro atoms. The third kappa shape index (κ3) is 1.90. The Morgan fingerprint density at radius 1 is 1.29 bits per heavy atom. The zero-order valence-electron chi connectivity index (χ0n) is 8.05. The summed E-state index contributed by atoms with van der Waals surface area (Å²) in [5.74, 6) is 0.247. The first-order chi connectivity index (χ1) is 6.81. The number of aryl methyl sites for hydroxylation is 2. The first kappa shape index (κ1) is 9.91. The molecule has 0 bridgehead atoms. The molecule has 0 N–H and O–H groups in total. The van der Waals surface area contributed by atoms with Crippen molar-refractivity contribution in [2.75, 3.05) is 5.33 Å². The number of rotatable bonds is 3. The van der Waals surface area contributed by atoms with Crippen LogP contribution in [0.15, 0.2) is 18.2 Å². The van der Waals surface area contributed by atoms with Crippen molar-refractivity contribution in [2.45, 2.75) is 25.7 Å². The van der Waals surface area contributed by atoms with Gasteiger partial charge in [-0.3, -0.25) is 4.79 Å². The summed E-state index contributed by atoms with van der Waals surface area (Å²) in [4.78, 5) is 11.6. The fourth-order valence-corrected chi connectivity index (χ4v) is 2.34. The van der Waals surface area contributed by atoms with E-state index in [0.717, 1.165) is 17.3 Å². The number of halogens is 1. The highest BCUT2D eigenvalue weighted by atomic mass is 79.9. The molecule has 0 saturated carbocycles. The minimum Gasteiger partial charge on any atom is -0.294 e. The Morgan fingerprint density at radius 2 is 2.07 bits per heavy atom. The van der Waals surface area contributed by atoms with E-state index in [1.807, 2.05) is 6.07 Å². The van der Waals surface area contributed by atoms with Gasteiger partial charge in [-0.1, -0.05) is 28.1 Å². The highest BCUT2D eigenvalue weighted by Crippen LogP contribution is 2.23. The number of Topliss-reactive ketones (excluding diaryl/α,β-unsaturated/α-hetero) is 1. The van der Waals surface area contributed by atoms with Crippen molar-refractivity contribution in [2.24, 2.45) is 0 Å². The molecule has 0 radical (unpaired) electrons. The minimum absolute atomic E-state index is 0.247. The van der Waals surface area contributed by atoms with E-state index in [9.17, 15) is 4.79 Å². The molecule has 1 aliphatic carbocycles. The number of benzene rings is 1. The molecule has 0 aliphatic heterocycles. The second kappa shape index (κ2) is 4.26. The van der Waals surface area contributed by atoms with Gasteiger partial charge in [-0.15, -0.1) is 0 Å². The topological polar surface area (TPSA) is 17.1 Å². The molecular formula is C12H13BrO. The molecule has 2 heteroatoms. The van der Waals surface area contributed by atoms with Gasteiger partial charge in [0.05, 0.1) is 0 Å². The molecule has 1 aliphatic rings. The molecule has 1 aromatic rings. The van der Waals surface area contributed by atoms with Crippen LogP contribution < -0.4 is 0 Å². The van der Waals surface area contributed by atoms with Gasteiger partial charge in [-0.25, -0.2) is 0 Å². The summed E-state index contributed by atoms with van der Waals surface area (Å²) in [6.45, 7) is 0. The molecule has 74 valence electrons. The van der Waals surface area contributed by atoms with Crippen LogP contribution in [0, 0.1) is 0 Å². The summed E-state index contributed by atoms with van der Waals surface area (Å²) in [6, 6.07) is 6.16. The quantitative estimate of drug-likeness (QED) is 0.597. The van der Waals surface area contributed by atoms with Crippen molar-refractivity contribution in [3.63, 3.8) is 0 Å². The Bertz CT molecular complexity index is 357. The summed E-state index contributed by atoms with van der Waals surface area (Å²) < 4.78 is 0. The molecule has 0 amide bonds. The predicted octanol–water partition coefficient (Wildman–Crippen LogP) is 3.14. The van der Waals surface area contributed by atoms with E-state index in [1.54, 1.807) is 0 Å². The van der Waals surface area contributed by atoms with E-state index >= 15 is 0 Å². The Balaban J connectivity index is 2.24. The van der Waals surface area contributed by atoms with E-state index in [2.05, 4.69) is 28.1 Å². The lowest BCUT2D eigenvalue weighted by Crippen LogP contribution is -2.00. The smallest absolute Gasteiger partial charge is 0.163 e. The van der Waals surface area contributed by atoms with Crippen LogP contribution in [0.1, 0.15) is 34.3 Å². The van der Waals surface area contributed by atoms with Gasteiger partial charge in [0.15, 0.2) is 5.78 Å². The Labute approximate surface area is 92.6 Å². The fourth-order valence-electron chi connectivity index (χ4n) is 1.98. The molecule has 0 saturated heterocycles. The zero-order chi connectivity index (χ0) is 9.97. The lowest BCUT2D eigenvalue weighted by atomic mass is 10.0. The number of alkyl halides is 1. The SMILES string of the molecule is O=C(CCBr)c1ccc2c(c1)CCC2. The molecule has 0 fully saturated rings. The molecule has 1 nitrogen and oxygen atoms in total. The highest BCUT2D eigenvalue weighted by Gasteiger charge is 2.13. The van der Waals surface area contributed by atoms with Gasteiger partial charge in [0.2, 0.25) is 0 Å². The van der Waals surface area contributed by atoms with Crippen LogP contribution >= 0.6 is 15.9 Å². The minimum atomic E-state index is 0.247. The van der Waals surface area contributed by atoms with Crippen LogP contribution in [-0.4, -0.2) is 11.1 Å². The predicted molar refractivity (Wildman–Crippen MR) is 61.2 cm³/mol. The lowest BCUT2D eigenvalue weighted by Gasteiger charge is -2.02. The highest BCUT2D eigenvalue weighted by molar-refractivity contribution is 9.09. The second-order valence-electron chi connectivity index (χ2n) is 3.70. The van der Waals surface area contributed by atoms with Gasteiger partial charge in [0.1, 0.15) is 0 Å². The van der Waals surface area contributed by atoms with Crippen LogP contribution in [0.3, 0.4) is 0 Å². The second-order valence-corrected chi connectivity index (χ2v) is 4.49. The first-order valence-corrected chi connectivity index (χ1v) is 6.14. The third-order valence-electron chi connectivity index (χ3n) is 2.74. The maximum atomic E-state index is 11.6. The summed E-state index contributed by atoms with van der Waals surface area (Å²) in [6.07, 6.45) is 4.16. The molecular weight excluding hydrogens is 240 g/mol. The molecule has 0 atom stereocenters. The summed E-state index contributed by atoms with van der Waals surface area (Å²) in [5.41, 5.74) is 3.69. The van der Waals surface area contributed by atoms with Crippen LogP contribution in [0.2, 0.25) is 0 Å². The van der Waals surface area contributed by atoms with Gasteiger partial charge in [0.25, 0.3) is 0 Å². The van der Waals surface area contributed by atoms with Crippen molar-refractivity contribution in [3.05, 3.63) is 34.9 Å². The van der Waals surface area contributed by atoms with Crippen molar-refractivity contribution in [1.29, 1.82) is 0 Å². The number of hydrogen-bond acceptors (Lipinski definition) is 1. The van der Waals surface area contributed by atoms with E-state index in [0.29, 0.717) is 6.42 Å². The number of fused-ring (bicyclic) bond motifs is 1. The number of ketones is 1. The van der Waals surface area contributed by atoms with Gasteiger partial charge in [-0.2, -0.15) is 0 Å². The van der Waals surface area contributed by atoms with Gasteiger partial charge in [-0.05, 0) is 36.5 Å². The summed E-state index contributed by atoms with van der Waals surface area (Å²) in [5, 5.41) is 0.753. The van der Waals surface area contributed by atoms with Gasteiger partial charge in [0, 0.05) is 17.3 Å². The van der Waals surface area contributed by atoms with Crippen molar-refractivity contribution < 1.29 is 4.79 Å². The third-order valence-corrected chi connectivity index (χ3v) is 3.14. The van der Waals surface area contributed by atoms with E-state index in [1.165, 1.54) is 24.0 Å². The van der Waals surface area contributed by atoms with Crippen LogP contribution in [-0.2, 0) is 12.8 Å². The largest absolute Gasteiger partial charge is 0.294 e. The monoisotopic (exact) mass is 252 g/mol. The number of carbonyl (C=O) groups is 1. The van der Waals surface area contributed by atoms with E-state index < -0.39 is 0 Å². The molecule has 0 heterocycles. The lowest BCUT2D eigenvalue weighted by molar-refractivity contribution is 0.0990. The van der Waals surface area contributed by atoms with E-state index in [-0.39, 0.29) is 5.78 Å². The summed E-state index contributed by atoms with van der Waals surface area (Å²) >= 11 is 3.29. The zero-order valence-corrected chi connectivity index (χ0v) is 9.64. The maximum Gasteiger partial charge on any atom is 0.163 e. The first-order valence-electron chi connectivity index (χ1n) is 5.02. The fraction of sp³-hybridized carbons (Fsp3) is 0.417. The van der Waals surface area contributed by atoms with Crippen LogP contribution in [0.5, 0.6) is 0 Å². The molecule has 0 aromatic heterocycles. The molecule has 0 unspecified atom stereocenters. The van der Waals surface area contributed by atoms with Crippen molar-refractivity contribution >= 4 is 21.7 Å². The van der Waals surface area contributed by atoms with Crippen LogP contribution in [0.25, 0.3) is 0 Å². The van der Waals surface area contributed by atoms with E-state index in [4.69, 9.17) is 0 Å². The molecule has 2 rings (SSSR count). The van der Waals surface area contributed by atoms with Crippen molar-refractivity contribution in [1.82, 2.24) is 0 Å². The summed E-state index contributed by atoms with van der Waals surface area (Å²) in [7, 11) is 0. The number of hydrogen-bond donors (Lipinski definition) is 0. The van der Waals surface area contributed by atoms with Gasteiger partial charge >= 0.3 is 0 Å². The van der Waals surface area contributed by atoms with Gasteiger partial charge < -0.3 is 0 Å². The molecule has 1 aromatic carbocycles. The Kier molecular flexibility index (Phi) is 3.02.